The summed E-state index contributed by atoms with van der Waals surface area (Å²) < 4.78 is 17.3. The van der Waals surface area contributed by atoms with Crippen LogP contribution in [0.15, 0.2) is 23.1 Å². The van der Waals surface area contributed by atoms with E-state index in [1.807, 2.05) is 0 Å². The maximum Gasteiger partial charge on any atom is 0.151 e. The molecular formula is C12H12Cl2O3S. The van der Waals surface area contributed by atoms with Crippen molar-refractivity contribution in [2.75, 3.05) is 19.0 Å². The number of rotatable bonds is 4. The zero-order valence-corrected chi connectivity index (χ0v) is 11.9. The van der Waals surface area contributed by atoms with Crippen molar-refractivity contribution in [3.05, 3.63) is 28.2 Å². The van der Waals surface area contributed by atoms with Crippen LogP contribution >= 0.6 is 23.2 Å². The summed E-state index contributed by atoms with van der Waals surface area (Å²) in [6.07, 6.45) is 0.701. The van der Waals surface area contributed by atoms with Gasteiger partial charge in [-0.3, -0.25) is 9.00 Å². The summed E-state index contributed by atoms with van der Waals surface area (Å²) in [5.41, 5.74) is 0. The summed E-state index contributed by atoms with van der Waals surface area (Å²) in [5, 5.41) is 0.660. The van der Waals surface area contributed by atoms with E-state index in [9.17, 15) is 9.00 Å². The Bertz CT molecular complexity index is 464. The molecule has 6 heteroatoms. The normalized spacial score (nSPS) is 20.9. The Kier molecular flexibility index (Phi) is 4.78. The van der Waals surface area contributed by atoms with E-state index in [1.165, 1.54) is 0 Å². The fourth-order valence-electron chi connectivity index (χ4n) is 1.81. The zero-order valence-electron chi connectivity index (χ0n) is 9.53. The molecule has 1 fully saturated rings. The first-order chi connectivity index (χ1) is 8.59. The van der Waals surface area contributed by atoms with Gasteiger partial charge in [0.15, 0.2) is 5.78 Å². The molecular weight excluding hydrogens is 295 g/mol. The van der Waals surface area contributed by atoms with Crippen molar-refractivity contribution in [3.63, 3.8) is 0 Å². The van der Waals surface area contributed by atoms with Gasteiger partial charge < -0.3 is 4.74 Å². The molecule has 0 bridgehead atoms. The van der Waals surface area contributed by atoms with Gasteiger partial charge in [0, 0.05) is 12.5 Å². The fraction of sp³-hybridized carbons (Fsp3) is 0.417. The monoisotopic (exact) mass is 306 g/mol. The first-order valence-electron chi connectivity index (χ1n) is 5.52. The molecule has 98 valence electrons. The number of ether oxygens (including phenoxy) is 1. The zero-order chi connectivity index (χ0) is 13.1. The molecule has 0 N–H and O–H groups in total. The predicted molar refractivity (Wildman–Crippen MR) is 71.7 cm³/mol. The summed E-state index contributed by atoms with van der Waals surface area (Å²) in [6.45, 7) is 1.02. The first kappa shape index (κ1) is 14.0. The van der Waals surface area contributed by atoms with Crippen LogP contribution in [0.1, 0.15) is 6.42 Å². The summed E-state index contributed by atoms with van der Waals surface area (Å²) in [5.74, 6) is -0.255. The van der Waals surface area contributed by atoms with Gasteiger partial charge in [0.2, 0.25) is 0 Å². The molecule has 1 saturated heterocycles. The summed E-state index contributed by atoms with van der Waals surface area (Å²) in [7, 11) is -1.50. The lowest BCUT2D eigenvalue weighted by Gasteiger charge is -2.08. The van der Waals surface area contributed by atoms with Gasteiger partial charge in [-0.25, -0.2) is 0 Å². The number of ketones is 1. The molecule has 0 saturated carbocycles. The van der Waals surface area contributed by atoms with Crippen molar-refractivity contribution in [3.8, 4) is 0 Å². The quantitative estimate of drug-likeness (QED) is 0.859. The molecule has 1 aromatic rings. The van der Waals surface area contributed by atoms with Gasteiger partial charge >= 0.3 is 0 Å². The summed E-state index contributed by atoms with van der Waals surface area (Å²) >= 11 is 11.9. The molecule has 1 aliphatic rings. The van der Waals surface area contributed by atoms with E-state index in [2.05, 4.69) is 0 Å². The topological polar surface area (TPSA) is 43.4 Å². The van der Waals surface area contributed by atoms with E-state index in [0.29, 0.717) is 34.6 Å². The largest absolute Gasteiger partial charge is 0.381 e. The molecule has 0 spiro atoms. The molecule has 0 aromatic heterocycles. The average Bonchev–Trinajstić information content (AvgIpc) is 2.81. The molecule has 2 rings (SSSR count). The van der Waals surface area contributed by atoms with Crippen LogP contribution in [0.3, 0.4) is 0 Å². The second-order valence-electron chi connectivity index (χ2n) is 4.07. The van der Waals surface area contributed by atoms with Crippen LogP contribution < -0.4 is 0 Å². The van der Waals surface area contributed by atoms with E-state index >= 15 is 0 Å². The van der Waals surface area contributed by atoms with Gasteiger partial charge in [0.05, 0.1) is 38.1 Å². The van der Waals surface area contributed by atoms with Crippen molar-refractivity contribution in [1.29, 1.82) is 0 Å². The number of halogens is 2. The Morgan fingerprint density at radius 2 is 2.06 bits per heavy atom. The minimum atomic E-state index is -1.50. The second-order valence-corrected chi connectivity index (χ2v) is 6.27. The summed E-state index contributed by atoms with van der Waals surface area (Å²) in [6, 6.07) is 4.91. The highest BCUT2D eigenvalue weighted by molar-refractivity contribution is 7.86. The molecule has 1 heterocycles. The Labute approximate surface area is 118 Å². The molecule has 0 amide bonds. The Morgan fingerprint density at radius 3 is 2.61 bits per heavy atom. The maximum absolute atomic E-state index is 12.1. The van der Waals surface area contributed by atoms with Crippen molar-refractivity contribution in [1.82, 2.24) is 0 Å². The van der Waals surface area contributed by atoms with Crippen molar-refractivity contribution in [2.24, 2.45) is 5.92 Å². The third-order valence-corrected chi connectivity index (χ3v) is 5.10. The number of hydrogen-bond donors (Lipinski definition) is 0. The van der Waals surface area contributed by atoms with Crippen LogP contribution in [0.25, 0.3) is 0 Å². The van der Waals surface area contributed by atoms with E-state index in [0.717, 1.165) is 0 Å². The van der Waals surface area contributed by atoms with Gasteiger partial charge in [-0.05, 0) is 18.6 Å². The van der Waals surface area contributed by atoms with Gasteiger partial charge in [-0.1, -0.05) is 29.3 Å². The van der Waals surface area contributed by atoms with Crippen LogP contribution in [0, 0.1) is 5.92 Å². The van der Waals surface area contributed by atoms with Gasteiger partial charge in [-0.15, -0.1) is 0 Å². The van der Waals surface area contributed by atoms with Crippen molar-refractivity contribution >= 4 is 39.8 Å². The molecule has 0 aliphatic carbocycles. The molecule has 2 atom stereocenters. The molecule has 2 unspecified atom stereocenters. The van der Waals surface area contributed by atoms with Crippen LogP contribution in [-0.2, 0) is 20.3 Å². The Hall–Kier alpha value is -0.420. The number of carbonyl (C=O) groups is 1. The molecule has 1 aliphatic heterocycles. The second kappa shape index (κ2) is 6.15. The van der Waals surface area contributed by atoms with Crippen LogP contribution in [-0.4, -0.2) is 29.0 Å². The van der Waals surface area contributed by atoms with Crippen LogP contribution in [0.2, 0.25) is 10.0 Å². The van der Waals surface area contributed by atoms with E-state index in [1.54, 1.807) is 18.2 Å². The molecule has 1 aromatic carbocycles. The van der Waals surface area contributed by atoms with E-state index < -0.39 is 10.8 Å². The van der Waals surface area contributed by atoms with Gasteiger partial charge in [0.25, 0.3) is 0 Å². The third-order valence-electron chi connectivity index (χ3n) is 2.80. The standard InChI is InChI=1S/C12H12Cl2O3S/c13-9-2-1-3-10(14)12(9)18(16)7-11(15)8-4-5-17-6-8/h1-3,8H,4-7H2. The number of hydrogen-bond acceptors (Lipinski definition) is 3. The number of benzene rings is 1. The van der Waals surface area contributed by atoms with Crippen molar-refractivity contribution < 1.29 is 13.7 Å². The Morgan fingerprint density at radius 1 is 1.39 bits per heavy atom. The molecule has 18 heavy (non-hydrogen) atoms. The maximum atomic E-state index is 12.1. The molecule has 0 radical (unpaired) electrons. The SMILES string of the molecule is O=C(CS(=O)c1c(Cl)cccc1Cl)C1CCOC1. The smallest absolute Gasteiger partial charge is 0.151 e. The number of Topliss-reactive ketones (excluding diaryl/α,β-unsaturated/α-hetero) is 1. The molecule has 3 nitrogen and oxygen atoms in total. The minimum Gasteiger partial charge on any atom is -0.381 e. The highest BCUT2D eigenvalue weighted by Gasteiger charge is 2.26. The average molecular weight is 307 g/mol. The lowest BCUT2D eigenvalue weighted by molar-refractivity contribution is -0.120. The fourth-order valence-corrected chi connectivity index (χ4v) is 3.93. The minimum absolute atomic E-state index is 0.0539. The first-order valence-corrected chi connectivity index (χ1v) is 7.60. The Balaban J connectivity index is 2.10. The highest BCUT2D eigenvalue weighted by Crippen LogP contribution is 2.28. The van der Waals surface area contributed by atoms with Gasteiger partial charge in [0.1, 0.15) is 0 Å². The lowest BCUT2D eigenvalue weighted by atomic mass is 10.1. The van der Waals surface area contributed by atoms with E-state index in [4.69, 9.17) is 27.9 Å². The third kappa shape index (κ3) is 3.12. The predicted octanol–water partition coefficient (Wildman–Crippen LogP) is 2.71. The lowest BCUT2D eigenvalue weighted by Crippen LogP contribution is -2.21. The highest BCUT2D eigenvalue weighted by atomic mass is 35.5. The van der Waals surface area contributed by atoms with Gasteiger partial charge in [-0.2, -0.15) is 0 Å². The summed E-state index contributed by atoms with van der Waals surface area (Å²) in [4.78, 5) is 12.2. The van der Waals surface area contributed by atoms with Crippen LogP contribution in [0.5, 0.6) is 0 Å². The number of carbonyl (C=O) groups excluding carboxylic acids is 1. The van der Waals surface area contributed by atoms with Crippen LogP contribution in [0.4, 0.5) is 0 Å². The van der Waals surface area contributed by atoms with E-state index in [-0.39, 0.29) is 17.5 Å². The van der Waals surface area contributed by atoms with Crippen molar-refractivity contribution in [2.45, 2.75) is 11.3 Å².